The van der Waals surface area contributed by atoms with Gasteiger partial charge in [-0.15, -0.1) is 0 Å². The van der Waals surface area contributed by atoms with E-state index in [1.807, 2.05) is 13.0 Å². The summed E-state index contributed by atoms with van der Waals surface area (Å²) in [7, 11) is 0. The zero-order valence-electron chi connectivity index (χ0n) is 10.9. The third kappa shape index (κ3) is 3.22. The first kappa shape index (κ1) is 12.4. The van der Waals surface area contributed by atoms with Crippen molar-refractivity contribution in [1.29, 1.82) is 0 Å². The second-order valence-corrected chi connectivity index (χ2v) is 4.94. The molecule has 1 aromatic carbocycles. The Morgan fingerprint density at radius 3 is 2.82 bits per heavy atom. The molecule has 0 bridgehead atoms. The van der Waals surface area contributed by atoms with E-state index in [1.54, 1.807) is 0 Å². The molecule has 2 atom stereocenters. The van der Waals surface area contributed by atoms with Gasteiger partial charge in [-0.3, -0.25) is 0 Å². The first-order valence-corrected chi connectivity index (χ1v) is 6.75. The van der Waals surface area contributed by atoms with Crippen LogP contribution in [-0.2, 0) is 6.54 Å². The van der Waals surface area contributed by atoms with Crippen molar-refractivity contribution in [1.82, 2.24) is 5.32 Å². The van der Waals surface area contributed by atoms with E-state index in [0.717, 1.165) is 24.8 Å². The van der Waals surface area contributed by atoms with E-state index in [-0.39, 0.29) is 0 Å². The van der Waals surface area contributed by atoms with Gasteiger partial charge >= 0.3 is 0 Å². The van der Waals surface area contributed by atoms with Crippen molar-refractivity contribution in [3.05, 3.63) is 29.8 Å². The second-order valence-electron chi connectivity index (χ2n) is 4.94. The number of ether oxygens (including phenoxy) is 1. The molecular weight excluding hydrogens is 210 g/mol. The van der Waals surface area contributed by atoms with Gasteiger partial charge in [0, 0.05) is 18.2 Å². The van der Waals surface area contributed by atoms with E-state index in [1.165, 1.54) is 24.8 Å². The molecule has 2 rings (SSSR count). The molecule has 2 unspecified atom stereocenters. The lowest BCUT2D eigenvalue weighted by Crippen LogP contribution is -2.30. The smallest absolute Gasteiger partial charge is 0.123 e. The lowest BCUT2D eigenvalue weighted by Gasteiger charge is -2.18. The zero-order chi connectivity index (χ0) is 12.1. The monoisotopic (exact) mass is 233 g/mol. The van der Waals surface area contributed by atoms with Crippen LogP contribution in [0.2, 0.25) is 0 Å². The molecule has 2 nitrogen and oxygen atoms in total. The molecule has 1 saturated carbocycles. The fourth-order valence-electron chi connectivity index (χ4n) is 2.64. The Bertz CT molecular complexity index is 351. The van der Waals surface area contributed by atoms with Crippen molar-refractivity contribution in [2.24, 2.45) is 5.92 Å². The standard InChI is InChI=1S/C15H23NO/c1-3-17-15-10-5-4-8-13(15)11-16-14-9-6-7-12(14)2/h4-5,8,10,12,14,16H,3,6-7,9,11H2,1-2H3. The minimum Gasteiger partial charge on any atom is -0.494 e. The Labute approximate surface area is 104 Å². The Morgan fingerprint density at radius 2 is 2.12 bits per heavy atom. The molecule has 0 spiro atoms. The molecule has 1 N–H and O–H groups in total. The summed E-state index contributed by atoms with van der Waals surface area (Å²) in [5, 5.41) is 3.67. The van der Waals surface area contributed by atoms with Crippen LogP contribution in [0.15, 0.2) is 24.3 Å². The van der Waals surface area contributed by atoms with E-state index >= 15 is 0 Å². The van der Waals surface area contributed by atoms with Gasteiger partial charge in [0.1, 0.15) is 5.75 Å². The molecule has 1 aromatic rings. The third-order valence-electron chi connectivity index (χ3n) is 3.69. The largest absolute Gasteiger partial charge is 0.494 e. The lowest BCUT2D eigenvalue weighted by molar-refractivity contribution is 0.333. The first-order chi connectivity index (χ1) is 8.31. The summed E-state index contributed by atoms with van der Waals surface area (Å²) in [6, 6.07) is 9.00. The van der Waals surface area contributed by atoms with Gasteiger partial charge in [-0.05, 0) is 31.7 Å². The van der Waals surface area contributed by atoms with Gasteiger partial charge in [0.15, 0.2) is 0 Å². The summed E-state index contributed by atoms with van der Waals surface area (Å²) in [4.78, 5) is 0. The second kappa shape index (κ2) is 6.06. The van der Waals surface area contributed by atoms with Crippen LogP contribution in [-0.4, -0.2) is 12.6 Å². The quantitative estimate of drug-likeness (QED) is 0.842. The van der Waals surface area contributed by atoms with Gasteiger partial charge in [-0.25, -0.2) is 0 Å². The molecule has 0 radical (unpaired) electrons. The van der Waals surface area contributed by atoms with Crippen molar-refractivity contribution < 1.29 is 4.74 Å². The van der Waals surface area contributed by atoms with Crippen molar-refractivity contribution >= 4 is 0 Å². The maximum atomic E-state index is 5.64. The van der Waals surface area contributed by atoms with E-state index in [4.69, 9.17) is 4.74 Å². The van der Waals surface area contributed by atoms with E-state index < -0.39 is 0 Å². The summed E-state index contributed by atoms with van der Waals surface area (Å²) in [5.41, 5.74) is 1.27. The summed E-state index contributed by atoms with van der Waals surface area (Å²) in [6.45, 7) is 6.03. The fraction of sp³-hybridized carbons (Fsp3) is 0.600. The number of benzene rings is 1. The summed E-state index contributed by atoms with van der Waals surface area (Å²) < 4.78 is 5.64. The van der Waals surface area contributed by atoms with Crippen LogP contribution in [0, 0.1) is 5.92 Å². The van der Waals surface area contributed by atoms with E-state index in [0.29, 0.717) is 6.04 Å². The number of para-hydroxylation sites is 1. The molecule has 0 saturated heterocycles. The van der Waals surface area contributed by atoms with Crippen LogP contribution in [0.5, 0.6) is 5.75 Å². The highest BCUT2D eigenvalue weighted by atomic mass is 16.5. The molecule has 1 aliphatic rings. The number of hydrogen-bond donors (Lipinski definition) is 1. The van der Waals surface area contributed by atoms with Gasteiger partial charge in [0.2, 0.25) is 0 Å². The highest BCUT2D eigenvalue weighted by molar-refractivity contribution is 5.33. The van der Waals surface area contributed by atoms with Gasteiger partial charge in [0.25, 0.3) is 0 Å². The van der Waals surface area contributed by atoms with Crippen LogP contribution in [0.25, 0.3) is 0 Å². The van der Waals surface area contributed by atoms with Crippen molar-refractivity contribution in [3.8, 4) is 5.75 Å². The van der Waals surface area contributed by atoms with Crippen molar-refractivity contribution in [2.75, 3.05) is 6.61 Å². The molecule has 2 heteroatoms. The van der Waals surface area contributed by atoms with Crippen LogP contribution in [0.3, 0.4) is 0 Å². The first-order valence-electron chi connectivity index (χ1n) is 6.75. The molecule has 1 fully saturated rings. The maximum Gasteiger partial charge on any atom is 0.123 e. The van der Waals surface area contributed by atoms with Crippen molar-refractivity contribution in [3.63, 3.8) is 0 Å². The Hall–Kier alpha value is -1.02. The Kier molecular flexibility index (Phi) is 4.43. The van der Waals surface area contributed by atoms with Gasteiger partial charge in [-0.2, -0.15) is 0 Å². The number of nitrogens with one attached hydrogen (secondary N) is 1. The third-order valence-corrected chi connectivity index (χ3v) is 3.69. The fourth-order valence-corrected chi connectivity index (χ4v) is 2.64. The minimum absolute atomic E-state index is 0.685. The normalized spacial score (nSPS) is 23.9. The van der Waals surface area contributed by atoms with Crippen LogP contribution < -0.4 is 10.1 Å². The minimum atomic E-state index is 0.685. The van der Waals surface area contributed by atoms with Gasteiger partial charge < -0.3 is 10.1 Å². The average molecular weight is 233 g/mol. The van der Waals surface area contributed by atoms with Gasteiger partial charge in [-0.1, -0.05) is 31.5 Å². The molecule has 17 heavy (non-hydrogen) atoms. The molecule has 0 aliphatic heterocycles. The van der Waals surface area contributed by atoms with Crippen LogP contribution in [0.1, 0.15) is 38.7 Å². The SMILES string of the molecule is CCOc1ccccc1CNC1CCCC1C. The summed E-state index contributed by atoms with van der Waals surface area (Å²) in [5.74, 6) is 1.84. The van der Waals surface area contributed by atoms with Crippen molar-refractivity contribution in [2.45, 2.75) is 45.7 Å². The Balaban J connectivity index is 1.93. The summed E-state index contributed by atoms with van der Waals surface area (Å²) in [6.07, 6.45) is 4.05. The molecule has 0 aromatic heterocycles. The van der Waals surface area contributed by atoms with E-state index in [2.05, 4.69) is 30.4 Å². The molecule has 0 amide bonds. The predicted molar refractivity (Wildman–Crippen MR) is 71.3 cm³/mol. The molecule has 0 heterocycles. The van der Waals surface area contributed by atoms with Crippen LogP contribution >= 0.6 is 0 Å². The Morgan fingerprint density at radius 1 is 1.29 bits per heavy atom. The number of rotatable bonds is 5. The maximum absolute atomic E-state index is 5.64. The number of hydrogen-bond acceptors (Lipinski definition) is 2. The highest BCUT2D eigenvalue weighted by Crippen LogP contribution is 2.26. The average Bonchev–Trinajstić information content (AvgIpc) is 2.74. The lowest BCUT2D eigenvalue weighted by atomic mass is 10.1. The van der Waals surface area contributed by atoms with Crippen LogP contribution in [0.4, 0.5) is 0 Å². The molecular formula is C15H23NO. The highest BCUT2D eigenvalue weighted by Gasteiger charge is 2.22. The zero-order valence-corrected chi connectivity index (χ0v) is 10.9. The van der Waals surface area contributed by atoms with Gasteiger partial charge in [0.05, 0.1) is 6.61 Å². The summed E-state index contributed by atoms with van der Waals surface area (Å²) >= 11 is 0. The topological polar surface area (TPSA) is 21.3 Å². The molecule has 1 aliphatic carbocycles. The van der Waals surface area contributed by atoms with E-state index in [9.17, 15) is 0 Å². The predicted octanol–water partition coefficient (Wildman–Crippen LogP) is 3.36. The molecule has 94 valence electrons.